The summed E-state index contributed by atoms with van der Waals surface area (Å²) in [5.74, 6) is -2.78. The summed E-state index contributed by atoms with van der Waals surface area (Å²) in [7, 11) is -0.429. The number of pyridine rings is 1. The number of hydrogen-bond donors (Lipinski definition) is 0. The molecule has 0 atom stereocenters. The predicted molar refractivity (Wildman–Crippen MR) is 124 cm³/mol. The molecule has 0 spiro atoms. The molecule has 1 aliphatic rings. The molecule has 146 valence electrons. The second-order valence-electron chi connectivity index (χ2n) is 8.38. The smallest absolute Gasteiger partial charge is 0.199 e. The minimum absolute atomic E-state index is 0.0492. The molecule has 1 aliphatic heterocycles. The van der Waals surface area contributed by atoms with Crippen molar-refractivity contribution in [3.05, 3.63) is 64.8 Å². The van der Waals surface area contributed by atoms with Crippen molar-refractivity contribution in [2.45, 2.75) is 46.5 Å². The van der Waals surface area contributed by atoms with Crippen LogP contribution in [0.4, 0.5) is 0 Å². The normalized spacial score (nSPS) is 18.7. The molecule has 2 aromatic carbocycles. The van der Waals surface area contributed by atoms with Crippen LogP contribution in [0.15, 0.2) is 42.5 Å². The number of aryl methyl sites for hydroxylation is 2. The van der Waals surface area contributed by atoms with E-state index >= 15 is 0 Å². The highest BCUT2D eigenvalue weighted by atomic mass is 28.3. The number of fused-ring (bicyclic) bond motifs is 3. The summed E-state index contributed by atoms with van der Waals surface area (Å²) in [6.45, 7) is 2.13. The van der Waals surface area contributed by atoms with E-state index in [0.29, 0.717) is 17.0 Å². The fourth-order valence-corrected chi connectivity index (χ4v) is 8.11. The van der Waals surface area contributed by atoms with E-state index in [1.165, 1.54) is 11.3 Å². The van der Waals surface area contributed by atoms with Crippen LogP contribution >= 0.6 is 0 Å². The van der Waals surface area contributed by atoms with Gasteiger partial charge in [-0.3, -0.25) is 0 Å². The molecule has 29 heavy (non-hydrogen) atoms. The lowest BCUT2D eigenvalue weighted by Gasteiger charge is -2.23. The average Bonchev–Trinajstić information content (AvgIpc) is 3.00. The Morgan fingerprint density at radius 3 is 2.48 bits per heavy atom. The molecule has 2 heterocycles. The fraction of sp³-hybridized carbons (Fsp3) is 0.308. The molecule has 0 aliphatic carbocycles. The maximum atomic E-state index is 9.49. The van der Waals surface area contributed by atoms with Crippen LogP contribution in [-0.4, -0.2) is 8.07 Å². The predicted octanol–water partition coefficient (Wildman–Crippen LogP) is 4.59. The Labute approximate surface area is 185 Å². The summed E-state index contributed by atoms with van der Waals surface area (Å²) in [5.41, 5.74) is 5.99. The van der Waals surface area contributed by atoms with Crippen molar-refractivity contribution >= 4 is 18.4 Å². The summed E-state index contributed by atoms with van der Waals surface area (Å²) in [6, 6.07) is 15.2. The zero-order chi connectivity index (χ0) is 27.0. The van der Waals surface area contributed by atoms with Gasteiger partial charge in [-0.15, -0.1) is 0 Å². The summed E-state index contributed by atoms with van der Waals surface area (Å²) in [4.78, 5) is 0. The molecular formula is C26H29N2Si+. The Balaban J connectivity index is 2.09. The van der Waals surface area contributed by atoms with Crippen LogP contribution in [-0.2, 0) is 7.05 Å². The number of hydrogen-bond acceptors (Lipinski definition) is 1. The zero-order valence-electron chi connectivity index (χ0n) is 24.4. The van der Waals surface area contributed by atoms with E-state index in [9.17, 15) is 5.26 Å². The molecule has 0 saturated carbocycles. The first kappa shape index (κ1) is 12.8. The highest BCUT2D eigenvalue weighted by Gasteiger charge is 2.41. The van der Waals surface area contributed by atoms with Crippen molar-refractivity contribution in [1.82, 2.24) is 0 Å². The number of rotatable bonds is 2. The molecule has 4 rings (SSSR count). The molecular weight excluding hydrogens is 368 g/mol. The first-order chi connectivity index (χ1) is 16.5. The van der Waals surface area contributed by atoms with Gasteiger partial charge in [-0.05, 0) is 57.6 Å². The lowest BCUT2D eigenvalue weighted by molar-refractivity contribution is -0.666. The Bertz CT molecular complexity index is 1430. The van der Waals surface area contributed by atoms with Gasteiger partial charge < -0.3 is 0 Å². The number of aromatic nitrogens is 1. The summed E-state index contributed by atoms with van der Waals surface area (Å²) in [5, 5.41) is 11.8. The Hall–Kier alpha value is -2.70. The lowest BCUT2D eigenvalue weighted by Crippen LogP contribution is -2.51. The average molecular weight is 405 g/mol. The van der Waals surface area contributed by atoms with Crippen LogP contribution in [0.3, 0.4) is 0 Å². The molecule has 0 bridgehead atoms. The second-order valence-corrected chi connectivity index (χ2v) is 12.7. The lowest BCUT2D eigenvalue weighted by atomic mass is 9.94. The first-order valence-corrected chi connectivity index (χ1v) is 12.7. The Morgan fingerprint density at radius 1 is 1.07 bits per heavy atom. The molecule has 3 aromatic rings. The SMILES string of the molecule is [2H]C([2H])([2H])C([2H])(c1cc(C)[n+](C)c(-c2c(C)ccc3c2[Si](C)(C)c2cc(C#N)ccc2-3)c1)C([2H])([2H])[2H]. The molecule has 0 radical (unpaired) electrons. The molecule has 3 heteroatoms. The van der Waals surface area contributed by atoms with Gasteiger partial charge in [0.1, 0.15) is 15.1 Å². The van der Waals surface area contributed by atoms with Crippen LogP contribution in [0.5, 0.6) is 0 Å². The van der Waals surface area contributed by atoms with Crippen molar-refractivity contribution in [2.24, 2.45) is 7.05 Å². The van der Waals surface area contributed by atoms with Crippen LogP contribution < -0.4 is 14.9 Å². The highest BCUT2D eigenvalue weighted by molar-refractivity contribution is 7.04. The molecule has 0 amide bonds. The third kappa shape index (κ3) is 2.86. The van der Waals surface area contributed by atoms with E-state index in [1.807, 2.05) is 42.8 Å². The number of nitriles is 1. The molecule has 0 N–H and O–H groups in total. The van der Waals surface area contributed by atoms with Gasteiger partial charge in [0.2, 0.25) is 5.69 Å². The number of nitrogens with zero attached hydrogens (tertiary/aromatic N) is 2. The molecule has 0 saturated heterocycles. The van der Waals surface area contributed by atoms with E-state index in [1.54, 1.807) is 13.0 Å². The van der Waals surface area contributed by atoms with Gasteiger partial charge in [-0.1, -0.05) is 45.0 Å². The number of benzene rings is 2. The van der Waals surface area contributed by atoms with Crippen LogP contribution in [0.2, 0.25) is 13.1 Å². The van der Waals surface area contributed by atoms with Crippen LogP contribution in [0.25, 0.3) is 22.4 Å². The first-order valence-electron chi connectivity index (χ1n) is 13.2. The van der Waals surface area contributed by atoms with Crippen molar-refractivity contribution in [3.63, 3.8) is 0 Å². The van der Waals surface area contributed by atoms with Gasteiger partial charge in [0, 0.05) is 34.2 Å². The Kier molecular flexibility index (Phi) is 2.94. The third-order valence-electron chi connectivity index (χ3n) is 6.24. The van der Waals surface area contributed by atoms with Crippen molar-refractivity contribution in [3.8, 4) is 28.5 Å². The van der Waals surface area contributed by atoms with Crippen LogP contribution in [0, 0.1) is 25.2 Å². The van der Waals surface area contributed by atoms with Crippen molar-refractivity contribution < 1.29 is 14.2 Å². The third-order valence-corrected chi connectivity index (χ3v) is 9.77. The molecule has 2 nitrogen and oxygen atoms in total. The van der Waals surface area contributed by atoms with Crippen molar-refractivity contribution in [1.29, 1.82) is 5.26 Å². The van der Waals surface area contributed by atoms with Crippen LogP contribution in [0.1, 0.15) is 51.6 Å². The summed E-state index contributed by atoms with van der Waals surface area (Å²) < 4.78 is 58.7. The largest absolute Gasteiger partial charge is 0.212 e. The fourth-order valence-electron chi connectivity index (χ4n) is 4.59. The minimum Gasteiger partial charge on any atom is -0.199 e. The second kappa shape index (κ2) is 6.68. The van der Waals surface area contributed by atoms with E-state index in [2.05, 4.69) is 25.2 Å². The zero-order valence-corrected chi connectivity index (χ0v) is 18.4. The van der Waals surface area contributed by atoms with Gasteiger partial charge in [0.15, 0.2) is 5.69 Å². The molecule has 1 aromatic heterocycles. The quantitative estimate of drug-likeness (QED) is 0.453. The maximum Gasteiger partial charge on any atom is 0.212 e. The maximum absolute atomic E-state index is 9.49. The van der Waals surface area contributed by atoms with Gasteiger partial charge in [-0.2, -0.15) is 9.83 Å². The van der Waals surface area contributed by atoms with Gasteiger partial charge in [0.05, 0.1) is 11.6 Å². The van der Waals surface area contributed by atoms with Crippen molar-refractivity contribution in [2.75, 3.05) is 0 Å². The van der Waals surface area contributed by atoms with Gasteiger partial charge in [0.25, 0.3) is 0 Å². The van der Waals surface area contributed by atoms with Gasteiger partial charge >= 0.3 is 0 Å². The van der Waals surface area contributed by atoms with E-state index in [4.69, 9.17) is 9.60 Å². The topological polar surface area (TPSA) is 27.7 Å². The Morgan fingerprint density at radius 2 is 1.79 bits per heavy atom. The van der Waals surface area contributed by atoms with E-state index < -0.39 is 27.7 Å². The van der Waals surface area contributed by atoms with E-state index in [0.717, 1.165) is 27.4 Å². The monoisotopic (exact) mass is 404 g/mol. The van der Waals surface area contributed by atoms with Gasteiger partial charge in [-0.25, -0.2) is 0 Å². The molecule has 0 unspecified atom stereocenters. The standard InChI is InChI=1S/C26H29N2Si/c1-16(2)20-12-18(4)28(5)23(14-20)25-17(3)8-10-22-21-11-9-19(15-27)13-24(21)29(6,7)26(22)25/h8-14,16H,1-7H3/q+1/i1D3,2D3,16D. The van der Waals surface area contributed by atoms with E-state index in [-0.39, 0.29) is 5.56 Å². The summed E-state index contributed by atoms with van der Waals surface area (Å²) >= 11 is 0. The highest BCUT2D eigenvalue weighted by Crippen LogP contribution is 2.35. The minimum atomic E-state index is -3.06. The summed E-state index contributed by atoms with van der Waals surface area (Å²) in [6.07, 6.45) is 0. The molecule has 0 fully saturated rings.